The molecule has 2 aliphatic rings. The fourth-order valence-electron chi connectivity index (χ4n) is 4.97. The van der Waals surface area contributed by atoms with Crippen molar-refractivity contribution in [2.45, 2.75) is 57.8 Å². The van der Waals surface area contributed by atoms with Gasteiger partial charge in [-0.3, -0.25) is 9.59 Å². The monoisotopic (exact) mass is 514 g/mol. The van der Waals surface area contributed by atoms with Gasteiger partial charge < -0.3 is 25.2 Å². The first kappa shape index (κ1) is 28.0. The van der Waals surface area contributed by atoms with Crippen molar-refractivity contribution in [2.24, 2.45) is 0 Å². The van der Waals surface area contributed by atoms with Gasteiger partial charge in [0.25, 0.3) is 0 Å². The molecule has 2 fully saturated rings. The summed E-state index contributed by atoms with van der Waals surface area (Å²) < 4.78 is 4.92. The maximum atomic E-state index is 13.7. The van der Waals surface area contributed by atoms with E-state index in [0.717, 1.165) is 12.8 Å². The first-order valence-electron chi connectivity index (χ1n) is 12.8. The second-order valence-corrected chi connectivity index (χ2v) is 9.17. The van der Waals surface area contributed by atoms with Gasteiger partial charge in [0.05, 0.1) is 13.1 Å². The van der Waals surface area contributed by atoms with Crippen LogP contribution in [0.1, 0.15) is 39.5 Å². The third-order valence-corrected chi connectivity index (χ3v) is 6.76. The number of fused-ring (bicyclic) bond motifs is 1. The van der Waals surface area contributed by atoms with Crippen LogP contribution in [0.15, 0.2) is 43.0 Å². The van der Waals surface area contributed by atoms with Crippen LogP contribution < -0.4 is 10.6 Å². The summed E-state index contributed by atoms with van der Waals surface area (Å²) in [4.78, 5) is 55.5. The fraction of sp³-hybridized carbons (Fsp3) is 0.538. The molecule has 2 aliphatic heterocycles. The summed E-state index contributed by atoms with van der Waals surface area (Å²) >= 11 is 0. The SMILES string of the molecule is C=CCOC(=O)NCCC[C@H]1C(=O)N(C(CC)CC)C[C@H]2N1C(=O)CN(C)N2C(=O)Nc1ccccc1. The summed E-state index contributed by atoms with van der Waals surface area (Å²) in [7, 11) is 1.70. The number of likely N-dealkylation sites (N-methyl/N-ethyl adjacent to an activating group) is 1. The van der Waals surface area contributed by atoms with E-state index in [-0.39, 0.29) is 50.1 Å². The van der Waals surface area contributed by atoms with Gasteiger partial charge in [0, 0.05) is 25.3 Å². The molecule has 202 valence electrons. The Morgan fingerprint density at radius 3 is 2.54 bits per heavy atom. The van der Waals surface area contributed by atoms with Gasteiger partial charge in [0.2, 0.25) is 11.8 Å². The van der Waals surface area contributed by atoms with Gasteiger partial charge >= 0.3 is 12.1 Å². The molecule has 0 radical (unpaired) electrons. The van der Waals surface area contributed by atoms with Crippen LogP contribution in [0.2, 0.25) is 0 Å². The summed E-state index contributed by atoms with van der Waals surface area (Å²) in [6.45, 7) is 8.15. The molecule has 37 heavy (non-hydrogen) atoms. The van der Waals surface area contributed by atoms with Gasteiger partial charge in [-0.2, -0.15) is 0 Å². The van der Waals surface area contributed by atoms with Crippen molar-refractivity contribution in [1.82, 2.24) is 25.1 Å². The number of hydrogen-bond donors (Lipinski definition) is 2. The highest BCUT2D eigenvalue weighted by Gasteiger charge is 2.51. The topological polar surface area (TPSA) is 115 Å². The minimum atomic E-state index is -0.737. The Morgan fingerprint density at radius 2 is 1.89 bits per heavy atom. The molecule has 5 amide bonds. The van der Waals surface area contributed by atoms with E-state index >= 15 is 0 Å². The molecule has 3 rings (SSSR count). The normalized spacial score (nSPS) is 20.1. The van der Waals surface area contributed by atoms with Crippen LogP contribution in [0.3, 0.4) is 0 Å². The van der Waals surface area contributed by atoms with E-state index in [1.54, 1.807) is 29.1 Å². The third kappa shape index (κ3) is 6.59. The van der Waals surface area contributed by atoms with Gasteiger partial charge in [-0.1, -0.05) is 44.7 Å². The maximum absolute atomic E-state index is 13.7. The second kappa shape index (κ2) is 13.1. The summed E-state index contributed by atoms with van der Waals surface area (Å²) in [5.41, 5.74) is 0.638. The predicted molar refractivity (Wildman–Crippen MR) is 139 cm³/mol. The minimum Gasteiger partial charge on any atom is -0.445 e. The standard InChI is InChI=1S/C26H38N6O5/c1-5-16-37-26(36)27-15-11-14-21-24(34)30(20(6-2)7-3)17-22-31(21)23(33)18-29(4)32(22)25(35)28-19-12-9-8-10-13-19/h5,8-10,12-13,20-22H,1,6-7,11,14-18H2,2-4H3,(H,27,36)(H,28,35)/t21-,22-/m0/s1. The van der Waals surface area contributed by atoms with Crippen molar-refractivity contribution in [3.05, 3.63) is 43.0 Å². The molecule has 11 nitrogen and oxygen atoms in total. The molecule has 0 bridgehead atoms. The molecule has 0 spiro atoms. The van der Waals surface area contributed by atoms with Crippen LogP contribution in [-0.4, -0.2) is 95.3 Å². The van der Waals surface area contributed by atoms with E-state index < -0.39 is 18.3 Å². The number of benzene rings is 1. The molecular weight excluding hydrogens is 476 g/mol. The van der Waals surface area contributed by atoms with Crippen LogP contribution in [0, 0.1) is 0 Å². The lowest BCUT2D eigenvalue weighted by atomic mass is 9.98. The van der Waals surface area contributed by atoms with Crippen molar-refractivity contribution < 1.29 is 23.9 Å². The Bertz CT molecular complexity index is 969. The van der Waals surface area contributed by atoms with Gasteiger partial charge in [0.15, 0.2) is 0 Å². The Labute approximate surface area is 218 Å². The summed E-state index contributed by atoms with van der Waals surface area (Å²) in [5, 5.41) is 8.70. The molecule has 11 heteroatoms. The second-order valence-electron chi connectivity index (χ2n) is 9.17. The van der Waals surface area contributed by atoms with Crippen LogP contribution in [0.25, 0.3) is 0 Å². The molecule has 1 aromatic carbocycles. The smallest absolute Gasteiger partial charge is 0.407 e. The number of alkyl carbamates (subject to hydrolysis) is 1. The van der Waals surface area contributed by atoms with E-state index in [2.05, 4.69) is 17.2 Å². The number of nitrogens with zero attached hydrogens (tertiary/aromatic N) is 4. The molecule has 0 aromatic heterocycles. The Hall–Kier alpha value is -3.60. The van der Waals surface area contributed by atoms with Crippen LogP contribution in [-0.2, 0) is 14.3 Å². The summed E-state index contributed by atoms with van der Waals surface area (Å²) in [5.74, 6) is -0.335. The number of carbonyl (C=O) groups is 4. The van der Waals surface area contributed by atoms with Crippen LogP contribution in [0.5, 0.6) is 0 Å². The third-order valence-electron chi connectivity index (χ3n) is 6.76. The lowest BCUT2D eigenvalue weighted by molar-refractivity contribution is -0.189. The number of hydrogen-bond acceptors (Lipinski definition) is 6. The molecule has 1 aromatic rings. The minimum absolute atomic E-state index is 0.00877. The number of ether oxygens (including phenoxy) is 1. The fourth-order valence-corrected chi connectivity index (χ4v) is 4.97. The van der Waals surface area contributed by atoms with Crippen molar-refractivity contribution in [3.63, 3.8) is 0 Å². The first-order chi connectivity index (χ1) is 17.8. The van der Waals surface area contributed by atoms with Crippen LogP contribution >= 0.6 is 0 Å². The van der Waals surface area contributed by atoms with Gasteiger partial charge in [-0.05, 0) is 37.8 Å². The van der Waals surface area contributed by atoms with E-state index in [4.69, 9.17) is 4.74 Å². The quantitative estimate of drug-likeness (QED) is 0.367. The van der Waals surface area contributed by atoms with Crippen molar-refractivity contribution >= 4 is 29.6 Å². The largest absolute Gasteiger partial charge is 0.445 e. The lowest BCUT2D eigenvalue weighted by Crippen LogP contribution is -2.76. The Balaban J connectivity index is 1.83. The highest BCUT2D eigenvalue weighted by atomic mass is 16.5. The van der Waals surface area contributed by atoms with Crippen molar-refractivity contribution in [3.8, 4) is 0 Å². The highest BCUT2D eigenvalue weighted by molar-refractivity contribution is 5.94. The van der Waals surface area contributed by atoms with E-state index in [0.29, 0.717) is 18.5 Å². The molecule has 0 unspecified atom stereocenters. The number of anilines is 1. The summed E-state index contributed by atoms with van der Waals surface area (Å²) in [6, 6.07) is 7.99. The number of para-hydroxylation sites is 1. The number of piperazine rings is 1. The molecule has 2 N–H and O–H groups in total. The number of hydrazine groups is 1. The average molecular weight is 515 g/mol. The Morgan fingerprint density at radius 1 is 1.19 bits per heavy atom. The zero-order valence-electron chi connectivity index (χ0n) is 21.9. The van der Waals surface area contributed by atoms with E-state index in [9.17, 15) is 19.2 Å². The molecular formula is C26H38N6O5. The van der Waals surface area contributed by atoms with Crippen molar-refractivity contribution in [2.75, 3.05) is 38.6 Å². The first-order valence-corrected chi connectivity index (χ1v) is 12.8. The van der Waals surface area contributed by atoms with Gasteiger partial charge in [0.1, 0.15) is 18.8 Å². The number of nitrogens with one attached hydrogen (secondary N) is 2. The molecule has 2 saturated heterocycles. The zero-order chi connectivity index (χ0) is 26.9. The molecule has 2 heterocycles. The van der Waals surface area contributed by atoms with Crippen LogP contribution in [0.4, 0.5) is 15.3 Å². The number of urea groups is 1. The Kier molecular flexibility index (Phi) is 9.90. The van der Waals surface area contributed by atoms with Gasteiger partial charge in [-0.15, -0.1) is 0 Å². The van der Waals surface area contributed by atoms with Crippen molar-refractivity contribution in [1.29, 1.82) is 0 Å². The molecule has 0 aliphatic carbocycles. The summed E-state index contributed by atoms with van der Waals surface area (Å²) in [6.07, 6.45) is 2.59. The zero-order valence-corrected chi connectivity index (χ0v) is 21.9. The molecule has 0 saturated carbocycles. The number of carbonyl (C=O) groups excluding carboxylic acids is 4. The lowest BCUT2D eigenvalue weighted by Gasteiger charge is -2.55. The molecule has 2 atom stereocenters. The number of rotatable bonds is 10. The number of amides is 5. The van der Waals surface area contributed by atoms with Gasteiger partial charge in [-0.25, -0.2) is 19.6 Å². The average Bonchev–Trinajstić information content (AvgIpc) is 2.88. The maximum Gasteiger partial charge on any atom is 0.407 e. The highest BCUT2D eigenvalue weighted by Crippen LogP contribution is 2.30. The van der Waals surface area contributed by atoms with E-state index in [1.165, 1.54) is 11.1 Å². The predicted octanol–water partition coefficient (Wildman–Crippen LogP) is 2.63. The van der Waals surface area contributed by atoms with E-state index in [1.807, 2.05) is 36.9 Å².